The van der Waals surface area contributed by atoms with E-state index >= 15 is 0 Å². The molecule has 19 heavy (non-hydrogen) atoms. The number of benzene rings is 1. The van der Waals surface area contributed by atoms with Crippen LogP contribution in [0.25, 0.3) is 10.4 Å². The van der Waals surface area contributed by atoms with Gasteiger partial charge < -0.3 is 11.1 Å². The van der Waals surface area contributed by atoms with Gasteiger partial charge in [-0.2, -0.15) is 0 Å². The van der Waals surface area contributed by atoms with Crippen LogP contribution in [-0.2, 0) is 0 Å². The number of anilines is 3. The summed E-state index contributed by atoms with van der Waals surface area (Å²) in [6.45, 7) is 0. The predicted molar refractivity (Wildman–Crippen MR) is 78.8 cm³/mol. The van der Waals surface area contributed by atoms with Crippen molar-refractivity contribution in [1.82, 2.24) is 0 Å². The SMILES string of the molecule is Nc1c(Nc2cccc(-c3cccs3)c2)c(=O)c1=O. The molecule has 0 saturated carbocycles. The first-order valence-electron chi connectivity index (χ1n) is 5.66. The van der Waals surface area contributed by atoms with Gasteiger partial charge in [-0.25, -0.2) is 0 Å². The van der Waals surface area contributed by atoms with Crippen LogP contribution in [0.5, 0.6) is 0 Å². The third-order valence-electron chi connectivity index (χ3n) is 2.88. The second kappa shape index (κ2) is 4.37. The molecule has 0 bridgehead atoms. The molecule has 1 heterocycles. The van der Waals surface area contributed by atoms with Crippen molar-refractivity contribution in [2.75, 3.05) is 11.1 Å². The fourth-order valence-electron chi connectivity index (χ4n) is 1.87. The van der Waals surface area contributed by atoms with Gasteiger partial charge in [-0.3, -0.25) is 9.59 Å². The van der Waals surface area contributed by atoms with Crippen LogP contribution in [0.1, 0.15) is 0 Å². The number of nitrogens with two attached hydrogens (primary N) is 1. The van der Waals surface area contributed by atoms with Crippen LogP contribution in [0.4, 0.5) is 17.1 Å². The van der Waals surface area contributed by atoms with Crippen molar-refractivity contribution in [1.29, 1.82) is 0 Å². The van der Waals surface area contributed by atoms with Crippen LogP contribution in [-0.4, -0.2) is 0 Å². The van der Waals surface area contributed by atoms with Gasteiger partial charge >= 0.3 is 0 Å². The highest BCUT2D eigenvalue weighted by atomic mass is 32.1. The molecule has 3 rings (SSSR count). The van der Waals surface area contributed by atoms with Gasteiger partial charge in [-0.1, -0.05) is 18.2 Å². The maximum atomic E-state index is 11.3. The molecule has 0 aliphatic carbocycles. The molecular weight excluding hydrogens is 260 g/mol. The smallest absolute Gasteiger partial charge is 0.253 e. The van der Waals surface area contributed by atoms with Crippen molar-refractivity contribution in [2.45, 2.75) is 0 Å². The summed E-state index contributed by atoms with van der Waals surface area (Å²) in [5.41, 5.74) is 6.30. The van der Waals surface area contributed by atoms with Crippen LogP contribution in [0.3, 0.4) is 0 Å². The van der Waals surface area contributed by atoms with Gasteiger partial charge in [0, 0.05) is 10.6 Å². The second-order valence-corrected chi connectivity index (χ2v) is 5.08. The minimum Gasteiger partial charge on any atom is -0.394 e. The Hall–Kier alpha value is -2.40. The Morgan fingerprint density at radius 2 is 1.89 bits per heavy atom. The molecule has 0 atom stereocenters. The molecule has 0 spiro atoms. The zero-order valence-electron chi connectivity index (χ0n) is 9.84. The van der Waals surface area contributed by atoms with E-state index in [9.17, 15) is 9.59 Å². The predicted octanol–water partition coefficient (Wildman–Crippen LogP) is 2.34. The fraction of sp³-hybridized carbons (Fsp3) is 0. The third-order valence-corrected chi connectivity index (χ3v) is 3.80. The Labute approximate surface area is 112 Å². The van der Waals surface area contributed by atoms with E-state index in [1.165, 1.54) is 0 Å². The number of nitrogen functional groups attached to an aromatic ring is 1. The van der Waals surface area contributed by atoms with Gasteiger partial charge in [0.25, 0.3) is 10.9 Å². The van der Waals surface area contributed by atoms with Crippen LogP contribution in [0.2, 0.25) is 0 Å². The first kappa shape index (κ1) is 11.7. The molecule has 2 aromatic carbocycles. The standard InChI is InChI=1S/C14H10N2O2S/c15-11-12(14(18)13(11)17)16-9-4-1-3-8(7-9)10-5-2-6-19-10/h1-7,16H,15H2. The summed E-state index contributed by atoms with van der Waals surface area (Å²) in [6, 6.07) is 11.6. The summed E-state index contributed by atoms with van der Waals surface area (Å²) in [5, 5.41) is 4.90. The highest BCUT2D eigenvalue weighted by Crippen LogP contribution is 2.28. The summed E-state index contributed by atoms with van der Waals surface area (Å²) in [4.78, 5) is 23.5. The Morgan fingerprint density at radius 3 is 2.58 bits per heavy atom. The van der Waals surface area contributed by atoms with Crippen molar-refractivity contribution in [3.63, 3.8) is 0 Å². The zero-order valence-corrected chi connectivity index (χ0v) is 10.7. The Bertz CT molecular complexity index is 799. The number of rotatable bonds is 3. The highest BCUT2D eigenvalue weighted by Gasteiger charge is 2.17. The van der Waals surface area contributed by atoms with Gasteiger partial charge in [-0.05, 0) is 29.1 Å². The molecule has 0 fully saturated rings. The summed E-state index contributed by atoms with van der Waals surface area (Å²) in [5.74, 6) is 0. The maximum absolute atomic E-state index is 11.3. The minimum absolute atomic E-state index is 0.00604. The number of hydrogen-bond donors (Lipinski definition) is 2. The van der Waals surface area contributed by atoms with Crippen molar-refractivity contribution in [3.8, 4) is 10.4 Å². The summed E-state index contributed by atoms with van der Waals surface area (Å²) in [6.07, 6.45) is 0. The molecule has 3 N–H and O–H groups in total. The summed E-state index contributed by atoms with van der Waals surface area (Å²) < 4.78 is 0. The third kappa shape index (κ3) is 1.94. The lowest BCUT2D eigenvalue weighted by molar-refractivity contribution is 1.39. The quantitative estimate of drug-likeness (QED) is 0.716. The first-order valence-corrected chi connectivity index (χ1v) is 6.54. The lowest BCUT2D eigenvalue weighted by atomic mass is 10.1. The van der Waals surface area contributed by atoms with E-state index in [-0.39, 0.29) is 11.4 Å². The first-order chi connectivity index (χ1) is 9.16. The average molecular weight is 270 g/mol. The van der Waals surface area contributed by atoms with E-state index < -0.39 is 10.9 Å². The molecule has 0 unspecified atom stereocenters. The van der Waals surface area contributed by atoms with Crippen LogP contribution in [0, 0.1) is 0 Å². The summed E-state index contributed by atoms with van der Waals surface area (Å²) >= 11 is 1.64. The van der Waals surface area contributed by atoms with Crippen LogP contribution < -0.4 is 21.9 Å². The van der Waals surface area contributed by atoms with Gasteiger partial charge in [-0.15, -0.1) is 11.3 Å². The number of thiophene rings is 1. The largest absolute Gasteiger partial charge is 0.394 e. The molecule has 0 aliphatic heterocycles. The molecule has 5 heteroatoms. The van der Waals surface area contributed by atoms with Crippen molar-refractivity contribution < 1.29 is 0 Å². The molecular formula is C14H10N2O2S. The molecule has 4 nitrogen and oxygen atoms in total. The second-order valence-electron chi connectivity index (χ2n) is 4.13. The van der Waals surface area contributed by atoms with E-state index in [0.717, 1.165) is 16.1 Å². The topological polar surface area (TPSA) is 72.2 Å². The Balaban J connectivity index is 1.93. The van der Waals surface area contributed by atoms with Crippen molar-refractivity contribution in [3.05, 3.63) is 62.2 Å². The molecule has 1 aromatic heterocycles. The fourth-order valence-corrected chi connectivity index (χ4v) is 2.59. The van der Waals surface area contributed by atoms with Crippen molar-refractivity contribution in [2.24, 2.45) is 0 Å². The van der Waals surface area contributed by atoms with E-state index in [1.807, 2.05) is 41.8 Å². The Kier molecular flexibility index (Phi) is 2.68. The molecule has 0 radical (unpaired) electrons. The normalized spacial score (nSPS) is 10.7. The average Bonchev–Trinajstić information content (AvgIpc) is 2.98. The minimum atomic E-state index is -0.614. The van der Waals surface area contributed by atoms with E-state index in [2.05, 4.69) is 5.32 Å². The number of nitrogens with one attached hydrogen (secondary N) is 1. The monoisotopic (exact) mass is 270 g/mol. The molecule has 0 saturated heterocycles. The molecule has 94 valence electrons. The summed E-state index contributed by atoms with van der Waals surface area (Å²) in [7, 11) is 0. The van der Waals surface area contributed by atoms with E-state index in [0.29, 0.717) is 0 Å². The lowest BCUT2D eigenvalue weighted by Gasteiger charge is -2.10. The van der Waals surface area contributed by atoms with Gasteiger partial charge in [0.05, 0.1) is 0 Å². The lowest BCUT2D eigenvalue weighted by Crippen LogP contribution is -2.36. The van der Waals surface area contributed by atoms with E-state index in [4.69, 9.17) is 5.73 Å². The molecule has 0 aliphatic rings. The van der Waals surface area contributed by atoms with Crippen LogP contribution in [0.15, 0.2) is 51.4 Å². The number of hydrogen-bond acceptors (Lipinski definition) is 5. The van der Waals surface area contributed by atoms with Gasteiger partial charge in [0.15, 0.2) is 0 Å². The van der Waals surface area contributed by atoms with Gasteiger partial charge in [0.2, 0.25) is 0 Å². The van der Waals surface area contributed by atoms with Crippen molar-refractivity contribution >= 4 is 28.4 Å². The molecule has 3 aromatic rings. The zero-order chi connectivity index (χ0) is 13.4. The van der Waals surface area contributed by atoms with E-state index in [1.54, 1.807) is 11.3 Å². The highest BCUT2D eigenvalue weighted by molar-refractivity contribution is 7.13. The molecule has 0 amide bonds. The maximum Gasteiger partial charge on any atom is 0.253 e. The van der Waals surface area contributed by atoms with Crippen LogP contribution >= 0.6 is 11.3 Å². The van der Waals surface area contributed by atoms with Gasteiger partial charge in [0.1, 0.15) is 11.4 Å². The Morgan fingerprint density at radius 1 is 1.05 bits per heavy atom.